The van der Waals surface area contributed by atoms with Crippen LogP contribution >= 0.6 is 0 Å². The lowest BCUT2D eigenvalue weighted by molar-refractivity contribution is -0.0676. The van der Waals surface area contributed by atoms with Gasteiger partial charge in [-0.1, -0.05) is 57.7 Å². The molecule has 0 bridgehead atoms. The van der Waals surface area contributed by atoms with E-state index in [1.54, 1.807) is 0 Å². The molecule has 3 atom stereocenters. The molecular weight excluding hydrogens is 370 g/mol. The van der Waals surface area contributed by atoms with Crippen LogP contribution < -0.4 is 5.32 Å². The molecule has 172 valence electrons. The van der Waals surface area contributed by atoms with E-state index >= 15 is 0 Å². The van der Waals surface area contributed by atoms with Crippen molar-refractivity contribution in [3.63, 3.8) is 0 Å². The number of rotatable bonds is 11. The van der Waals surface area contributed by atoms with Gasteiger partial charge in [0.2, 0.25) is 0 Å². The minimum absolute atomic E-state index is 0.0905. The van der Waals surface area contributed by atoms with E-state index in [1.165, 1.54) is 56.1 Å². The molecule has 0 spiro atoms. The Morgan fingerprint density at radius 3 is 2.47 bits per heavy atom. The molecular formula is C27H47NO2. The van der Waals surface area contributed by atoms with Gasteiger partial charge in [-0.2, -0.15) is 0 Å². The van der Waals surface area contributed by atoms with Crippen LogP contribution in [0.1, 0.15) is 115 Å². The van der Waals surface area contributed by atoms with Gasteiger partial charge in [0.1, 0.15) is 0 Å². The van der Waals surface area contributed by atoms with Crippen LogP contribution in [0.2, 0.25) is 0 Å². The van der Waals surface area contributed by atoms with Crippen molar-refractivity contribution < 1.29 is 9.84 Å². The van der Waals surface area contributed by atoms with Gasteiger partial charge < -0.3 is 15.2 Å². The van der Waals surface area contributed by atoms with E-state index in [0.29, 0.717) is 18.7 Å². The monoisotopic (exact) mass is 417 g/mol. The first-order chi connectivity index (χ1) is 14.3. The number of aliphatic hydroxyl groups excluding tert-OH is 1. The van der Waals surface area contributed by atoms with E-state index in [9.17, 15) is 5.11 Å². The second kappa shape index (κ2) is 12.8. The first-order valence-corrected chi connectivity index (χ1v) is 12.5. The number of hydrogen-bond donors (Lipinski definition) is 2. The van der Waals surface area contributed by atoms with E-state index < -0.39 is 6.10 Å². The SMILES string of the molecule is CCCCc1ccc(C(O)CNC2CCCCC(OC(C)(C)C)C2)c(CCCC)c1. The fraction of sp³-hybridized carbons (Fsp3) is 0.778. The summed E-state index contributed by atoms with van der Waals surface area (Å²) in [5, 5.41) is 14.7. The van der Waals surface area contributed by atoms with Crippen LogP contribution in [-0.4, -0.2) is 29.4 Å². The standard InChI is InChI=1S/C27H47NO2/c1-6-8-12-21-16-17-25(22(18-21)13-9-7-2)26(29)20-28-23-14-10-11-15-24(19-23)30-27(3,4)5/h16-18,23-24,26,28-29H,6-15,19-20H2,1-5H3. The van der Waals surface area contributed by atoms with Gasteiger partial charge in [-0.15, -0.1) is 0 Å². The molecule has 0 saturated heterocycles. The number of ether oxygens (including phenoxy) is 1. The number of aryl methyl sites for hydroxylation is 2. The normalized spacial score (nSPS) is 21.4. The lowest BCUT2D eigenvalue weighted by Gasteiger charge is -2.29. The van der Waals surface area contributed by atoms with Gasteiger partial charge in [-0.25, -0.2) is 0 Å². The van der Waals surface area contributed by atoms with Crippen LogP contribution in [0.3, 0.4) is 0 Å². The largest absolute Gasteiger partial charge is 0.387 e. The van der Waals surface area contributed by atoms with Gasteiger partial charge in [0, 0.05) is 12.6 Å². The zero-order valence-electron chi connectivity index (χ0n) is 20.3. The molecule has 1 saturated carbocycles. The van der Waals surface area contributed by atoms with Crippen molar-refractivity contribution in [3.8, 4) is 0 Å². The molecule has 30 heavy (non-hydrogen) atoms. The minimum Gasteiger partial charge on any atom is -0.387 e. The maximum Gasteiger partial charge on any atom is 0.0917 e. The molecule has 1 aromatic rings. The number of hydrogen-bond acceptors (Lipinski definition) is 3. The molecule has 1 aromatic carbocycles. The zero-order chi connectivity index (χ0) is 22.0. The summed E-state index contributed by atoms with van der Waals surface area (Å²) >= 11 is 0. The third-order valence-electron chi connectivity index (χ3n) is 6.18. The Hall–Kier alpha value is -0.900. The predicted octanol–water partition coefficient (Wildman–Crippen LogP) is 6.51. The van der Waals surface area contributed by atoms with Gasteiger partial charge in [0.15, 0.2) is 0 Å². The fourth-order valence-electron chi connectivity index (χ4n) is 4.60. The molecule has 0 amide bonds. The van der Waals surface area contributed by atoms with Crippen molar-refractivity contribution >= 4 is 0 Å². The van der Waals surface area contributed by atoms with E-state index in [4.69, 9.17) is 4.74 Å². The molecule has 0 heterocycles. The average Bonchev–Trinajstić information content (AvgIpc) is 2.92. The van der Waals surface area contributed by atoms with Crippen molar-refractivity contribution in [2.24, 2.45) is 0 Å². The molecule has 0 radical (unpaired) electrons. The number of unbranched alkanes of at least 4 members (excludes halogenated alkanes) is 2. The Morgan fingerprint density at radius 2 is 1.77 bits per heavy atom. The maximum atomic E-state index is 11.0. The Morgan fingerprint density at radius 1 is 1.07 bits per heavy atom. The second-order valence-corrected chi connectivity index (χ2v) is 10.2. The summed E-state index contributed by atoms with van der Waals surface area (Å²) in [6.07, 6.45) is 12.8. The third-order valence-corrected chi connectivity index (χ3v) is 6.18. The van der Waals surface area contributed by atoms with Crippen LogP contribution in [0.4, 0.5) is 0 Å². The van der Waals surface area contributed by atoms with Crippen molar-refractivity contribution in [1.29, 1.82) is 0 Å². The molecule has 3 unspecified atom stereocenters. The molecule has 2 N–H and O–H groups in total. The highest BCUT2D eigenvalue weighted by Crippen LogP contribution is 2.26. The Balaban J connectivity index is 1.98. The quantitative estimate of drug-likeness (QED) is 0.403. The number of benzene rings is 1. The molecule has 3 nitrogen and oxygen atoms in total. The summed E-state index contributed by atoms with van der Waals surface area (Å²) < 4.78 is 6.29. The first-order valence-electron chi connectivity index (χ1n) is 12.5. The summed E-state index contributed by atoms with van der Waals surface area (Å²) in [6.45, 7) is 11.5. The molecule has 0 aliphatic heterocycles. The van der Waals surface area contributed by atoms with Crippen LogP contribution in [0.25, 0.3) is 0 Å². The fourth-order valence-corrected chi connectivity index (χ4v) is 4.60. The van der Waals surface area contributed by atoms with Crippen molar-refractivity contribution in [2.45, 2.75) is 129 Å². The zero-order valence-corrected chi connectivity index (χ0v) is 20.3. The highest BCUT2D eigenvalue weighted by Gasteiger charge is 2.25. The number of aliphatic hydroxyl groups is 1. The highest BCUT2D eigenvalue weighted by atomic mass is 16.5. The summed E-state index contributed by atoms with van der Waals surface area (Å²) in [7, 11) is 0. The Labute approximate surface area is 186 Å². The van der Waals surface area contributed by atoms with Crippen LogP contribution in [0.5, 0.6) is 0 Å². The molecule has 0 aromatic heterocycles. The lowest BCUT2D eigenvalue weighted by Crippen LogP contribution is -2.37. The summed E-state index contributed by atoms with van der Waals surface area (Å²) in [4.78, 5) is 0. The molecule has 1 aliphatic rings. The van der Waals surface area contributed by atoms with E-state index in [-0.39, 0.29) is 5.60 Å². The van der Waals surface area contributed by atoms with Gasteiger partial charge in [0.05, 0.1) is 17.8 Å². The third kappa shape index (κ3) is 9.08. The minimum atomic E-state index is -0.442. The van der Waals surface area contributed by atoms with Crippen LogP contribution in [-0.2, 0) is 17.6 Å². The van der Waals surface area contributed by atoms with Gasteiger partial charge in [-0.05, 0) is 82.4 Å². The Bertz CT molecular complexity index is 607. The average molecular weight is 418 g/mol. The van der Waals surface area contributed by atoms with Crippen LogP contribution in [0.15, 0.2) is 18.2 Å². The van der Waals surface area contributed by atoms with E-state index in [0.717, 1.165) is 31.2 Å². The van der Waals surface area contributed by atoms with Crippen LogP contribution in [0, 0.1) is 0 Å². The Kier molecular flexibility index (Phi) is 10.8. The predicted molar refractivity (Wildman–Crippen MR) is 128 cm³/mol. The summed E-state index contributed by atoms with van der Waals surface area (Å²) in [6, 6.07) is 7.18. The van der Waals surface area contributed by atoms with E-state index in [2.05, 4.69) is 58.1 Å². The molecule has 3 heteroatoms. The molecule has 2 rings (SSSR count). The first kappa shape index (κ1) is 25.4. The topological polar surface area (TPSA) is 41.5 Å². The maximum absolute atomic E-state index is 11.0. The number of nitrogens with one attached hydrogen (secondary N) is 1. The molecule has 1 aliphatic carbocycles. The van der Waals surface area contributed by atoms with Gasteiger partial charge >= 0.3 is 0 Å². The smallest absolute Gasteiger partial charge is 0.0917 e. The van der Waals surface area contributed by atoms with E-state index in [1.807, 2.05) is 0 Å². The van der Waals surface area contributed by atoms with Crippen molar-refractivity contribution in [3.05, 3.63) is 34.9 Å². The second-order valence-electron chi connectivity index (χ2n) is 10.2. The van der Waals surface area contributed by atoms with Crippen molar-refractivity contribution in [2.75, 3.05) is 6.54 Å². The lowest BCUT2D eigenvalue weighted by atomic mass is 9.94. The summed E-state index contributed by atoms with van der Waals surface area (Å²) in [5.74, 6) is 0. The van der Waals surface area contributed by atoms with Crippen molar-refractivity contribution in [1.82, 2.24) is 5.32 Å². The molecule has 1 fully saturated rings. The summed E-state index contributed by atoms with van der Waals surface area (Å²) in [5.41, 5.74) is 3.78. The van der Waals surface area contributed by atoms with Gasteiger partial charge in [-0.3, -0.25) is 0 Å². The highest BCUT2D eigenvalue weighted by molar-refractivity contribution is 5.34. The van der Waals surface area contributed by atoms with Gasteiger partial charge in [0.25, 0.3) is 0 Å².